The van der Waals surface area contributed by atoms with Gasteiger partial charge >= 0.3 is 12.0 Å². The van der Waals surface area contributed by atoms with Crippen molar-refractivity contribution in [1.29, 1.82) is 0 Å². The number of nitrogens with one attached hydrogen (secondary N) is 2. The third-order valence-electron chi connectivity index (χ3n) is 4.10. The van der Waals surface area contributed by atoms with Crippen molar-refractivity contribution in [3.05, 3.63) is 47.4 Å². The molecule has 0 fully saturated rings. The minimum atomic E-state index is -0.437. The Morgan fingerprint density at radius 1 is 1.37 bits per heavy atom. The van der Waals surface area contributed by atoms with Gasteiger partial charge in [0.1, 0.15) is 6.33 Å². The molecule has 0 spiro atoms. The molecular formula is C18H21N5O3S. The molecule has 2 amide bonds. The smallest absolute Gasteiger partial charge is 0.337 e. The molecule has 1 atom stereocenters. The average Bonchev–Trinajstić information content (AvgIpc) is 3.08. The number of para-hydroxylation sites is 1. The highest BCUT2D eigenvalue weighted by Crippen LogP contribution is 2.25. The minimum Gasteiger partial charge on any atom is -0.463 e. The number of nitrogens with zero attached hydrogens (tertiary/aromatic N) is 3. The van der Waals surface area contributed by atoms with E-state index in [0.717, 1.165) is 11.3 Å². The van der Waals surface area contributed by atoms with Crippen LogP contribution in [0.3, 0.4) is 0 Å². The minimum absolute atomic E-state index is 0.269. The zero-order valence-electron chi connectivity index (χ0n) is 15.4. The molecule has 1 aliphatic rings. The number of amides is 2. The standard InChI is InChI=1S/C18H21N5O3S/c1-4-26-16(24)15-12(3)20-17(25)21-13(15)9-27-18-22-19-10-23(18)14-8-6-5-7-11(14)2/h5-8,10,12H,4,9H2,1-3H3,(H2,20,21,25)/t12-/m0/s1. The summed E-state index contributed by atoms with van der Waals surface area (Å²) in [5, 5.41) is 14.2. The van der Waals surface area contributed by atoms with Crippen LogP contribution in [0.4, 0.5) is 4.79 Å². The molecule has 1 aromatic carbocycles. The summed E-state index contributed by atoms with van der Waals surface area (Å²) < 4.78 is 7.02. The first kappa shape index (κ1) is 19.0. The number of ether oxygens (including phenoxy) is 1. The van der Waals surface area contributed by atoms with Gasteiger partial charge in [0.05, 0.1) is 23.9 Å². The van der Waals surface area contributed by atoms with Gasteiger partial charge in [0.2, 0.25) is 0 Å². The van der Waals surface area contributed by atoms with E-state index in [0.29, 0.717) is 22.2 Å². The molecule has 0 saturated heterocycles. The molecule has 1 aliphatic heterocycles. The second-order valence-electron chi connectivity index (χ2n) is 5.99. The third-order valence-corrected chi connectivity index (χ3v) is 5.07. The summed E-state index contributed by atoms with van der Waals surface area (Å²) in [6.45, 7) is 5.79. The second-order valence-corrected chi connectivity index (χ2v) is 6.93. The van der Waals surface area contributed by atoms with Gasteiger partial charge in [0.25, 0.3) is 0 Å². The quantitative estimate of drug-likeness (QED) is 0.582. The van der Waals surface area contributed by atoms with Crippen molar-refractivity contribution in [2.45, 2.75) is 32.0 Å². The van der Waals surface area contributed by atoms with Crippen LogP contribution in [-0.2, 0) is 9.53 Å². The van der Waals surface area contributed by atoms with Crippen molar-refractivity contribution < 1.29 is 14.3 Å². The van der Waals surface area contributed by atoms with E-state index in [2.05, 4.69) is 20.8 Å². The lowest BCUT2D eigenvalue weighted by atomic mass is 10.1. The zero-order chi connectivity index (χ0) is 19.4. The van der Waals surface area contributed by atoms with Crippen LogP contribution in [0.15, 0.2) is 47.0 Å². The van der Waals surface area contributed by atoms with Crippen LogP contribution in [0.1, 0.15) is 19.4 Å². The number of aromatic nitrogens is 3. The Balaban J connectivity index is 1.86. The first-order chi connectivity index (χ1) is 13.0. The van der Waals surface area contributed by atoms with E-state index in [9.17, 15) is 9.59 Å². The number of thioether (sulfide) groups is 1. The van der Waals surface area contributed by atoms with Crippen molar-refractivity contribution in [1.82, 2.24) is 25.4 Å². The predicted octanol–water partition coefficient (Wildman–Crippen LogP) is 2.19. The number of benzene rings is 1. The number of hydrogen-bond acceptors (Lipinski definition) is 6. The highest BCUT2D eigenvalue weighted by atomic mass is 32.2. The number of esters is 1. The van der Waals surface area contributed by atoms with Gasteiger partial charge in [0, 0.05) is 11.4 Å². The maximum absolute atomic E-state index is 12.3. The van der Waals surface area contributed by atoms with Gasteiger partial charge < -0.3 is 15.4 Å². The van der Waals surface area contributed by atoms with E-state index in [1.165, 1.54) is 11.8 Å². The summed E-state index contributed by atoms with van der Waals surface area (Å²) in [5.74, 6) is -0.0790. The lowest BCUT2D eigenvalue weighted by Crippen LogP contribution is -2.49. The number of urea groups is 1. The van der Waals surface area contributed by atoms with Crippen LogP contribution < -0.4 is 10.6 Å². The van der Waals surface area contributed by atoms with Gasteiger partial charge in [-0.15, -0.1) is 10.2 Å². The fourth-order valence-corrected chi connectivity index (χ4v) is 3.74. The van der Waals surface area contributed by atoms with Crippen molar-refractivity contribution in [3.8, 4) is 5.69 Å². The summed E-state index contributed by atoms with van der Waals surface area (Å²) in [4.78, 5) is 24.2. The molecule has 142 valence electrons. The lowest BCUT2D eigenvalue weighted by Gasteiger charge is -2.26. The number of carbonyl (C=O) groups excluding carboxylic acids is 2. The monoisotopic (exact) mass is 387 g/mol. The molecular weight excluding hydrogens is 366 g/mol. The molecule has 0 saturated carbocycles. The fourth-order valence-electron chi connectivity index (χ4n) is 2.85. The second kappa shape index (κ2) is 8.26. The van der Waals surface area contributed by atoms with Crippen LogP contribution in [0.2, 0.25) is 0 Å². The largest absolute Gasteiger partial charge is 0.463 e. The molecule has 2 N–H and O–H groups in total. The van der Waals surface area contributed by atoms with E-state index < -0.39 is 12.0 Å². The Labute approximate surface area is 161 Å². The Morgan fingerprint density at radius 2 is 2.15 bits per heavy atom. The molecule has 2 heterocycles. The van der Waals surface area contributed by atoms with Crippen LogP contribution in [-0.4, -0.2) is 45.2 Å². The van der Waals surface area contributed by atoms with Gasteiger partial charge in [-0.2, -0.15) is 0 Å². The van der Waals surface area contributed by atoms with Crippen LogP contribution in [0, 0.1) is 6.92 Å². The molecule has 9 heteroatoms. The van der Waals surface area contributed by atoms with Crippen LogP contribution >= 0.6 is 11.8 Å². The van der Waals surface area contributed by atoms with Crippen molar-refractivity contribution >= 4 is 23.8 Å². The van der Waals surface area contributed by atoms with E-state index in [1.54, 1.807) is 20.2 Å². The molecule has 1 aromatic heterocycles. The molecule has 8 nitrogen and oxygen atoms in total. The lowest BCUT2D eigenvalue weighted by molar-refractivity contribution is -0.138. The Bertz CT molecular complexity index is 893. The summed E-state index contributed by atoms with van der Waals surface area (Å²) in [6.07, 6.45) is 1.65. The predicted molar refractivity (Wildman–Crippen MR) is 102 cm³/mol. The number of aryl methyl sites for hydroxylation is 1. The van der Waals surface area contributed by atoms with Crippen molar-refractivity contribution in [2.24, 2.45) is 0 Å². The van der Waals surface area contributed by atoms with Crippen molar-refractivity contribution in [3.63, 3.8) is 0 Å². The maximum atomic E-state index is 12.3. The highest BCUT2D eigenvalue weighted by molar-refractivity contribution is 7.99. The van der Waals surface area contributed by atoms with Crippen LogP contribution in [0.25, 0.3) is 5.69 Å². The summed E-state index contributed by atoms with van der Waals surface area (Å²) >= 11 is 1.39. The summed E-state index contributed by atoms with van der Waals surface area (Å²) in [7, 11) is 0. The molecule has 0 aliphatic carbocycles. The summed E-state index contributed by atoms with van der Waals surface area (Å²) in [6, 6.07) is 7.15. The zero-order valence-corrected chi connectivity index (χ0v) is 16.2. The molecule has 0 bridgehead atoms. The van der Waals surface area contributed by atoms with Gasteiger partial charge in [-0.1, -0.05) is 30.0 Å². The topological polar surface area (TPSA) is 98.1 Å². The van der Waals surface area contributed by atoms with Gasteiger partial charge in [-0.05, 0) is 32.4 Å². The third kappa shape index (κ3) is 4.13. The number of hydrogen-bond donors (Lipinski definition) is 2. The summed E-state index contributed by atoms with van der Waals surface area (Å²) in [5.41, 5.74) is 3.02. The SMILES string of the molecule is CCOC(=O)C1=C(CSc2nncn2-c2ccccc2C)NC(=O)N[C@H]1C. The van der Waals surface area contributed by atoms with Crippen molar-refractivity contribution in [2.75, 3.05) is 12.4 Å². The van der Waals surface area contributed by atoms with Crippen LogP contribution in [0.5, 0.6) is 0 Å². The molecule has 3 rings (SSSR count). The molecule has 2 aromatic rings. The van der Waals surface area contributed by atoms with E-state index in [-0.39, 0.29) is 12.6 Å². The number of carbonyl (C=O) groups is 2. The first-order valence-corrected chi connectivity index (χ1v) is 9.56. The highest BCUT2D eigenvalue weighted by Gasteiger charge is 2.29. The Morgan fingerprint density at radius 3 is 2.89 bits per heavy atom. The Hall–Kier alpha value is -2.81. The molecule has 0 radical (unpaired) electrons. The Kier molecular flexibility index (Phi) is 5.80. The van der Waals surface area contributed by atoms with Gasteiger partial charge in [-0.25, -0.2) is 9.59 Å². The van der Waals surface area contributed by atoms with Gasteiger partial charge in [-0.3, -0.25) is 4.57 Å². The van der Waals surface area contributed by atoms with E-state index >= 15 is 0 Å². The van der Waals surface area contributed by atoms with E-state index in [1.807, 2.05) is 35.8 Å². The molecule has 0 unspecified atom stereocenters. The van der Waals surface area contributed by atoms with Gasteiger partial charge in [0.15, 0.2) is 5.16 Å². The maximum Gasteiger partial charge on any atom is 0.337 e. The molecule has 27 heavy (non-hydrogen) atoms. The normalized spacial score (nSPS) is 16.7. The number of rotatable bonds is 6. The first-order valence-electron chi connectivity index (χ1n) is 8.57. The fraction of sp³-hybridized carbons (Fsp3) is 0.333. The average molecular weight is 387 g/mol. The van der Waals surface area contributed by atoms with E-state index in [4.69, 9.17) is 4.74 Å².